The quantitative estimate of drug-likeness (QED) is 0.616. The summed E-state index contributed by atoms with van der Waals surface area (Å²) < 4.78 is 5.57. The average molecular weight is 361 g/mol. The molecule has 0 bridgehead atoms. The van der Waals surface area contributed by atoms with Crippen molar-refractivity contribution in [3.05, 3.63) is 24.3 Å². The van der Waals surface area contributed by atoms with Crippen LogP contribution in [0.25, 0.3) is 0 Å². The molecule has 6 nitrogen and oxygen atoms in total. The molecule has 2 rings (SSSR count). The SMILES string of the molecule is CC(C)Oc1ccc(NC(=O)CCCNC(=O)NC2CCCCC2)cc1. The molecule has 0 unspecified atom stereocenters. The van der Waals surface area contributed by atoms with Gasteiger partial charge in [-0.1, -0.05) is 19.3 Å². The van der Waals surface area contributed by atoms with Crippen LogP contribution in [0.5, 0.6) is 5.75 Å². The van der Waals surface area contributed by atoms with Crippen molar-refractivity contribution < 1.29 is 14.3 Å². The summed E-state index contributed by atoms with van der Waals surface area (Å²) in [6.07, 6.45) is 6.88. The van der Waals surface area contributed by atoms with Gasteiger partial charge < -0.3 is 20.7 Å². The van der Waals surface area contributed by atoms with Crippen molar-refractivity contribution in [2.24, 2.45) is 0 Å². The predicted molar refractivity (Wildman–Crippen MR) is 103 cm³/mol. The number of urea groups is 1. The summed E-state index contributed by atoms with van der Waals surface area (Å²) in [5.41, 5.74) is 0.745. The Hall–Kier alpha value is -2.24. The molecule has 3 N–H and O–H groups in total. The van der Waals surface area contributed by atoms with Crippen molar-refractivity contribution in [1.29, 1.82) is 0 Å². The molecule has 0 aliphatic heterocycles. The lowest BCUT2D eigenvalue weighted by Gasteiger charge is -2.22. The monoisotopic (exact) mass is 361 g/mol. The Kier molecular flexibility index (Phi) is 8.25. The number of hydrogen-bond donors (Lipinski definition) is 3. The minimum atomic E-state index is -0.127. The number of rotatable bonds is 8. The van der Waals surface area contributed by atoms with E-state index in [2.05, 4.69) is 16.0 Å². The van der Waals surface area contributed by atoms with Crippen molar-refractivity contribution >= 4 is 17.6 Å². The molecule has 26 heavy (non-hydrogen) atoms. The van der Waals surface area contributed by atoms with E-state index in [9.17, 15) is 9.59 Å². The maximum absolute atomic E-state index is 12.0. The molecule has 0 radical (unpaired) electrons. The third kappa shape index (κ3) is 7.76. The lowest BCUT2D eigenvalue weighted by molar-refractivity contribution is -0.116. The molecule has 1 saturated carbocycles. The summed E-state index contributed by atoms with van der Waals surface area (Å²) in [5, 5.41) is 8.68. The van der Waals surface area contributed by atoms with E-state index in [1.807, 2.05) is 38.1 Å². The van der Waals surface area contributed by atoms with Crippen molar-refractivity contribution in [2.45, 2.75) is 70.9 Å². The van der Waals surface area contributed by atoms with Crippen LogP contribution in [-0.4, -0.2) is 30.6 Å². The molecule has 1 aromatic carbocycles. The van der Waals surface area contributed by atoms with Crippen molar-refractivity contribution in [3.8, 4) is 5.75 Å². The second kappa shape index (κ2) is 10.7. The summed E-state index contributed by atoms with van der Waals surface area (Å²) in [6.45, 7) is 4.44. The van der Waals surface area contributed by atoms with Gasteiger partial charge in [0.2, 0.25) is 5.91 Å². The van der Waals surface area contributed by atoms with E-state index >= 15 is 0 Å². The van der Waals surface area contributed by atoms with E-state index in [1.165, 1.54) is 19.3 Å². The van der Waals surface area contributed by atoms with Crippen LogP contribution in [0.3, 0.4) is 0 Å². The fraction of sp³-hybridized carbons (Fsp3) is 0.600. The van der Waals surface area contributed by atoms with Gasteiger partial charge in [-0.2, -0.15) is 0 Å². The molecule has 1 aliphatic rings. The maximum atomic E-state index is 12.0. The molecular weight excluding hydrogens is 330 g/mol. The van der Waals surface area contributed by atoms with Gasteiger partial charge in [0.25, 0.3) is 0 Å². The summed E-state index contributed by atoms with van der Waals surface area (Å²) >= 11 is 0. The highest BCUT2D eigenvalue weighted by atomic mass is 16.5. The summed E-state index contributed by atoms with van der Waals surface area (Å²) in [6, 6.07) is 7.50. The number of carbonyl (C=O) groups is 2. The van der Waals surface area contributed by atoms with Crippen molar-refractivity contribution in [3.63, 3.8) is 0 Å². The molecule has 0 heterocycles. The fourth-order valence-electron chi connectivity index (χ4n) is 3.05. The molecule has 144 valence electrons. The smallest absolute Gasteiger partial charge is 0.315 e. The van der Waals surface area contributed by atoms with E-state index < -0.39 is 0 Å². The van der Waals surface area contributed by atoms with Crippen LogP contribution in [0.2, 0.25) is 0 Å². The van der Waals surface area contributed by atoms with Gasteiger partial charge in [-0.3, -0.25) is 4.79 Å². The zero-order valence-corrected chi connectivity index (χ0v) is 15.8. The molecule has 1 fully saturated rings. The van der Waals surface area contributed by atoms with Gasteiger partial charge in [-0.05, 0) is 57.4 Å². The minimum Gasteiger partial charge on any atom is -0.491 e. The molecule has 6 heteroatoms. The average Bonchev–Trinajstić information content (AvgIpc) is 2.61. The number of anilines is 1. The first-order valence-corrected chi connectivity index (χ1v) is 9.64. The van der Waals surface area contributed by atoms with E-state index in [0.29, 0.717) is 25.4 Å². The summed E-state index contributed by atoms with van der Waals surface area (Å²) in [7, 11) is 0. The van der Waals surface area contributed by atoms with Crippen LogP contribution in [0.15, 0.2) is 24.3 Å². The van der Waals surface area contributed by atoms with Gasteiger partial charge in [0, 0.05) is 24.7 Å². The van der Waals surface area contributed by atoms with Crippen LogP contribution in [0.1, 0.15) is 58.8 Å². The fourth-order valence-corrected chi connectivity index (χ4v) is 3.05. The lowest BCUT2D eigenvalue weighted by Crippen LogP contribution is -2.43. The highest BCUT2D eigenvalue weighted by molar-refractivity contribution is 5.90. The summed E-state index contributed by atoms with van der Waals surface area (Å²) in [5.74, 6) is 0.725. The second-order valence-electron chi connectivity index (χ2n) is 7.08. The van der Waals surface area contributed by atoms with Gasteiger partial charge in [0.05, 0.1) is 6.10 Å². The van der Waals surface area contributed by atoms with Crippen molar-refractivity contribution in [1.82, 2.24) is 10.6 Å². The Bertz CT molecular complexity index is 566. The van der Waals surface area contributed by atoms with E-state index in [1.54, 1.807) is 0 Å². The topological polar surface area (TPSA) is 79.5 Å². The van der Waals surface area contributed by atoms with Crippen LogP contribution in [0, 0.1) is 0 Å². The Labute approximate surface area is 156 Å². The molecular formula is C20H31N3O3. The first-order chi connectivity index (χ1) is 12.5. The summed E-state index contributed by atoms with van der Waals surface area (Å²) in [4.78, 5) is 23.8. The Morgan fingerprint density at radius 3 is 2.46 bits per heavy atom. The van der Waals surface area contributed by atoms with Crippen LogP contribution in [0.4, 0.5) is 10.5 Å². The third-order valence-corrected chi connectivity index (χ3v) is 4.32. The van der Waals surface area contributed by atoms with Crippen LogP contribution in [-0.2, 0) is 4.79 Å². The second-order valence-corrected chi connectivity index (χ2v) is 7.08. The first-order valence-electron chi connectivity index (χ1n) is 9.64. The number of amides is 3. The molecule has 0 spiro atoms. The number of hydrogen-bond acceptors (Lipinski definition) is 3. The Morgan fingerprint density at radius 2 is 1.81 bits per heavy atom. The van der Waals surface area contributed by atoms with Gasteiger partial charge >= 0.3 is 6.03 Å². The molecule has 0 saturated heterocycles. The Morgan fingerprint density at radius 1 is 1.12 bits per heavy atom. The zero-order chi connectivity index (χ0) is 18.8. The van der Waals surface area contributed by atoms with E-state index in [4.69, 9.17) is 4.74 Å². The number of ether oxygens (including phenoxy) is 1. The number of nitrogens with one attached hydrogen (secondary N) is 3. The first kappa shape index (κ1) is 20.1. The number of benzene rings is 1. The molecule has 1 aliphatic carbocycles. The zero-order valence-electron chi connectivity index (χ0n) is 15.8. The largest absolute Gasteiger partial charge is 0.491 e. The molecule has 1 aromatic rings. The molecule has 3 amide bonds. The van der Waals surface area contributed by atoms with Gasteiger partial charge in [-0.25, -0.2) is 4.79 Å². The lowest BCUT2D eigenvalue weighted by atomic mass is 9.96. The standard InChI is InChI=1S/C20H31N3O3/c1-15(2)26-18-12-10-17(11-13-18)22-19(24)9-6-14-21-20(25)23-16-7-4-3-5-8-16/h10-13,15-16H,3-9,14H2,1-2H3,(H,22,24)(H2,21,23,25). The van der Waals surface area contributed by atoms with E-state index in [0.717, 1.165) is 24.3 Å². The van der Waals surface area contributed by atoms with Crippen molar-refractivity contribution in [2.75, 3.05) is 11.9 Å². The maximum Gasteiger partial charge on any atom is 0.315 e. The normalized spacial score (nSPS) is 14.7. The highest BCUT2D eigenvalue weighted by Crippen LogP contribution is 2.18. The minimum absolute atomic E-state index is 0.0583. The van der Waals surface area contributed by atoms with E-state index in [-0.39, 0.29) is 18.0 Å². The Balaban J connectivity index is 1.58. The van der Waals surface area contributed by atoms with Gasteiger partial charge in [0.1, 0.15) is 5.75 Å². The van der Waals surface area contributed by atoms with Gasteiger partial charge in [0.15, 0.2) is 0 Å². The third-order valence-electron chi connectivity index (χ3n) is 4.32. The molecule has 0 aromatic heterocycles. The van der Waals surface area contributed by atoms with Crippen LogP contribution >= 0.6 is 0 Å². The predicted octanol–water partition coefficient (Wildman–Crippen LogP) is 3.82. The van der Waals surface area contributed by atoms with Gasteiger partial charge in [-0.15, -0.1) is 0 Å². The highest BCUT2D eigenvalue weighted by Gasteiger charge is 2.15. The van der Waals surface area contributed by atoms with Crippen LogP contribution < -0.4 is 20.7 Å². The number of carbonyl (C=O) groups excluding carboxylic acids is 2. The molecule has 0 atom stereocenters.